The zero-order valence-electron chi connectivity index (χ0n) is 14.2. The maximum atomic E-state index is 13.4. The Balaban J connectivity index is 1.62. The molecule has 0 unspecified atom stereocenters. The van der Waals surface area contributed by atoms with Crippen LogP contribution < -0.4 is 9.64 Å². The normalized spacial score (nSPS) is 17.3. The highest BCUT2D eigenvalue weighted by Gasteiger charge is 2.35. The van der Waals surface area contributed by atoms with Crippen LogP contribution in [-0.4, -0.2) is 42.5 Å². The van der Waals surface area contributed by atoms with Gasteiger partial charge in [-0.1, -0.05) is 17.7 Å². The lowest BCUT2D eigenvalue weighted by molar-refractivity contribution is -0.142. The standard InChI is InChI=1S/C19H18ClFN2O3/c1-13-19(25)23(16-4-2-3-15(21)11-16)10-9-22(13)18(24)12-26-17-7-5-14(20)6-8-17/h2-8,11,13H,9-10,12H2,1H3/t13-/m0/s1. The number of benzene rings is 2. The maximum absolute atomic E-state index is 13.4. The van der Waals surface area contributed by atoms with E-state index >= 15 is 0 Å². The van der Waals surface area contributed by atoms with Crippen LogP contribution in [0.1, 0.15) is 6.92 Å². The molecule has 2 aromatic rings. The largest absolute Gasteiger partial charge is 0.484 e. The van der Waals surface area contributed by atoms with Gasteiger partial charge in [-0.3, -0.25) is 9.59 Å². The maximum Gasteiger partial charge on any atom is 0.261 e. The number of ether oxygens (including phenoxy) is 1. The molecule has 0 radical (unpaired) electrons. The van der Waals surface area contributed by atoms with Crippen LogP contribution in [0.2, 0.25) is 5.02 Å². The molecule has 0 N–H and O–H groups in total. The summed E-state index contributed by atoms with van der Waals surface area (Å²) in [6.45, 7) is 2.15. The Labute approximate surface area is 155 Å². The van der Waals surface area contributed by atoms with E-state index in [-0.39, 0.29) is 18.4 Å². The lowest BCUT2D eigenvalue weighted by Gasteiger charge is -2.39. The van der Waals surface area contributed by atoms with E-state index in [1.54, 1.807) is 43.3 Å². The van der Waals surface area contributed by atoms with Crippen LogP contribution in [0, 0.1) is 5.82 Å². The molecule has 0 saturated carbocycles. The smallest absolute Gasteiger partial charge is 0.261 e. The van der Waals surface area contributed by atoms with E-state index in [2.05, 4.69) is 0 Å². The van der Waals surface area contributed by atoms with E-state index in [9.17, 15) is 14.0 Å². The molecule has 136 valence electrons. The molecule has 1 fully saturated rings. The lowest BCUT2D eigenvalue weighted by atomic mass is 10.1. The number of hydrogen-bond acceptors (Lipinski definition) is 3. The van der Waals surface area contributed by atoms with Gasteiger partial charge in [-0.25, -0.2) is 4.39 Å². The molecule has 0 aliphatic carbocycles. The third-order valence-corrected chi connectivity index (χ3v) is 4.52. The number of rotatable bonds is 4. The van der Waals surface area contributed by atoms with E-state index in [4.69, 9.17) is 16.3 Å². The minimum Gasteiger partial charge on any atom is -0.484 e. The molecule has 1 saturated heterocycles. The van der Waals surface area contributed by atoms with Gasteiger partial charge in [-0.2, -0.15) is 0 Å². The van der Waals surface area contributed by atoms with Crippen LogP contribution in [0.4, 0.5) is 10.1 Å². The summed E-state index contributed by atoms with van der Waals surface area (Å²) in [7, 11) is 0. The molecule has 1 aliphatic heterocycles. The van der Waals surface area contributed by atoms with Crippen molar-refractivity contribution in [2.24, 2.45) is 0 Å². The Bertz CT molecular complexity index is 813. The third-order valence-electron chi connectivity index (χ3n) is 4.27. The van der Waals surface area contributed by atoms with Gasteiger partial charge in [0, 0.05) is 23.8 Å². The van der Waals surface area contributed by atoms with Crippen molar-refractivity contribution in [2.75, 3.05) is 24.6 Å². The molecule has 26 heavy (non-hydrogen) atoms. The second-order valence-electron chi connectivity index (χ2n) is 5.98. The summed E-state index contributed by atoms with van der Waals surface area (Å²) in [5.74, 6) is -0.403. The first-order valence-electron chi connectivity index (χ1n) is 8.20. The topological polar surface area (TPSA) is 49.9 Å². The van der Waals surface area contributed by atoms with Gasteiger partial charge in [-0.05, 0) is 49.4 Å². The van der Waals surface area contributed by atoms with Crippen molar-refractivity contribution in [3.05, 3.63) is 59.4 Å². The number of amides is 2. The predicted octanol–water partition coefficient (Wildman–Crippen LogP) is 3.12. The molecule has 0 aromatic heterocycles. The van der Waals surface area contributed by atoms with E-state index in [0.717, 1.165) is 0 Å². The molecule has 1 atom stereocenters. The molecule has 1 heterocycles. The molecule has 2 amide bonds. The van der Waals surface area contributed by atoms with E-state index in [1.807, 2.05) is 0 Å². The Morgan fingerprint density at radius 3 is 2.65 bits per heavy atom. The second-order valence-corrected chi connectivity index (χ2v) is 6.41. The highest BCUT2D eigenvalue weighted by atomic mass is 35.5. The first-order chi connectivity index (χ1) is 12.5. The van der Waals surface area contributed by atoms with Crippen LogP contribution in [0.25, 0.3) is 0 Å². The van der Waals surface area contributed by atoms with Gasteiger partial charge in [-0.15, -0.1) is 0 Å². The molecule has 0 bridgehead atoms. The molecule has 7 heteroatoms. The highest BCUT2D eigenvalue weighted by molar-refractivity contribution is 6.30. The van der Waals surface area contributed by atoms with E-state index in [0.29, 0.717) is 29.5 Å². The van der Waals surface area contributed by atoms with Crippen LogP contribution in [-0.2, 0) is 9.59 Å². The number of carbonyl (C=O) groups excluding carboxylic acids is 2. The van der Waals surface area contributed by atoms with Gasteiger partial charge in [0.25, 0.3) is 5.91 Å². The van der Waals surface area contributed by atoms with Crippen molar-refractivity contribution in [3.63, 3.8) is 0 Å². The molecular weight excluding hydrogens is 359 g/mol. The molecule has 5 nitrogen and oxygen atoms in total. The summed E-state index contributed by atoms with van der Waals surface area (Å²) < 4.78 is 18.9. The first-order valence-corrected chi connectivity index (χ1v) is 8.58. The number of piperazine rings is 1. The van der Waals surface area contributed by atoms with Gasteiger partial charge in [0.2, 0.25) is 5.91 Å². The monoisotopic (exact) mass is 376 g/mol. The van der Waals surface area contributed by atoms with E-state index < -0.39 is 11.9 Å². The van der Waals surface area contributed by atoms with Crippen molar-refractivity contribution in [2.45, 2.75) is 13.0 Å². The molecule has 0 spiro atoms. The van der Waals surface area contributed by atoms with Crippen molar-refractivity contribution < 1.29 is 18.7 Å². The molecule has 3 rings (SSSR count). The Morgan fingerprint density at radius 1 is 1.23 bits per heavy atom. The Hall–Kier alpha value is -2.60. The third kappa shape index (κ3) is 3.96. The lowest BCUT2D eigenvalue weighted by Crippen LogP contribution is -2.58. The van der Waals surface area contributed by atoms with Crippen molar-refractivity contribution >= 4 is 29.1 Å². The fraction of sp³-hybridized carbons (Fsp3) is 0.263. The van der Waals surface area contributed by atoms with Crippen LogP contribution in [0.15, 0.2) is 48.5 Å². The average molecular weight is 377 g/mol. The fourth-order valence-electron chi connectivity index (χ4n) is 2.87. The Kier molecular flexibility index (Phi) is 5.42. The Morgan fingerprint density at radius 2 is 1.96 bits per heavy atom. The number of halogens is 2. The van der Waals surface area contributed by atoms with Gasteiger partial charge >= 0.3 is 0 Å². The van der Waals surface area contributed by atoms with Crippen LogP contribution in [0.3, 0.4) is 0 Å². The number of nitrogens with zero attached hydrogens (tertiary/aromatic N) is 2. The first kappa shape index (κ1) is 18.2. The van der Waals surface area contributed by atoms with Gasteiger partial charge < -0.3 is 14.5 Å². The second kappa shape index (κ2) is 7.74. The van der Waals surface area contributed by atoms with Crippen LogP contribution >= 0.6 is 11.6 Å². The minimum absolute atomic E-state index is 0.167. The average Bonchev–Trinajstić information content (AvgIpc) is 2.63. The van der Waals surface area contributed by atoms with Gasteiger partial charge in [0.15, 0.2) is 6.61 Å². The summed E-state index contributed by atoms with van der Waals surface area (Å²) >= 11 is 5.81. The van der Waals surface area contributed by atoms with Gasteiger partial charge in [0.1, 0.15) is 17.6 Å². The van der Waals surface area contributed by atoms with E-state index in [1.165, 1.54) is 21.9 Å². The highest BCUT2D eigenvalue weighted by Crippen LogP contribution is 2.22. The molecule has 2 aromatic carbocycles. The predicted molar refractivity (Wildman–Crippen MR) is 96.9 cm³/mol. The summed E-state index contributed by atoms with van der Waals surface area (Å²) in [6, 6.07) is 11.9. The molecular formula is C19H18ClFN2O3. The summed E-state index contributed by atoms with van der Waals surface area (Å²) in [5, 5.41) is 0.580. The number of anilines is 1. The van der Waals surface area contributed by atoms with Crippen molar-refractivity contribution in [3.8, 4) is 5.75 Å². The van der Waals surface area contributed by atoms with Crippen molar-refractivity contribution in [1.82, 2.24) is 4.90 Å². The fourth-order valence-corrected chi connectivity index (χ4v) is 3.00. The zero-order chi connectivity index (χ0) is 18.7. The number of hydrogen-bond donors (Lipinski definition) is 0. The summed E-state index contributed by atoms with van der Waals surface area (Å²) in [6.07, 6.45) is 0. The summed E-state index contributed by atoms with van der Waals surface area (Å²) in [5.41, 5.74) is 0.492. The minimum atomic E-state index is -0.645. The quantitative estimate of drug-likeness (QED) is 0.823. The molecule has 1 aliphatic rings. The SMILES string of the molecule is C[C@H]1C(=O)N(c2cccc(F)c2)CCN1C(=O)COc1ccc(Cl)cc1. The summed E-state index contributed by atoms with van der Waals surface area (Å²) in [4.78, 5) is 28.0. The van der Waals surface area contributed by atoms with Gasteiger partial charge in [0.05, 0.1) is 0 Å². The number of carbonyl (C=O) groups is 2. The van der Waals surface area contributed by atoms with Crippen LogP contribution in [0.5, 0.6) is 5.75 Å². The zero-order valence-corrected chi connectivity index (χ0v) is 14.9. The van der Waals surface area contributed by atoms with Crippen molar-refractivity contribution in [1.29, 1.82) is 0 Å².